The van der Waals surface area contributed by atoms with Crippen LogP contribution in [0.15, 0.2) is 30.5 Å². The van der Waals surface area contributed by atoms with Crippen molar-refractivity contribution in [2.75, 3.05) is 20.2 Å². The first-order chi connectivity index (χ1) is 12.1. The molecular weight excluding hydrogens is 316 g/mol. The summed E-state index contributed by atoms with van der Waals surface area (Å²) in [5, 5.41) is 11.9. The van der Waals surface area contributed by atoms with Crippen molar-refractivity contribution < 1.29 is 14.6 Å². The number of aromatic nitrogens is 1. The standard InChI is InChI=1S/C20H26N2O3/c1-25-17-5-6-18-15(12-17)7-10-21(18)14-19(23)22-11-9-20(24)8-3-2-4-16(20)13-22/h5-7,10,12,16,24H,2-4,8-9,11,13-14H2,1H3/t16-,20-/m1/s1. The molecule has 5 heteroatoms. The van der Waals surface area contributed by atoms with Crippen molar-refractivity contribution in [2.45, 2.75) is 44.2 Å². The van der Waals surface area contributed by atoms with Gasteiger partial charge in [-0.1, -0.05) is 12.8 Å². The molecule has 5 nitrogen and oxygen atoms in total. The van der Waals surface area contributed by atoms with Gasteiger partial charge in [0.25, 0.3) is 0 Å². The van der Waals surface area contributed by atoms with Gasteiger partial charge in [-0.15, -0.1) is 0 Å². The summed E-state index contributed by atoms with van der Waals surface area (Å²) in [7, 11) is 1.66. The van der Waals surface area contributed by atoms with Crippen LogP contribution in [-0.2, 0) is 11.3 Å². The largest absolute Gasteiger partial charge is 0.497 e. The van der Waals surface area contributed by atoms with Crippen LogP contribution in [-0.4, -0.2) is 46.3 Å². The van der Waals surface area contributed by atoms with Crippen molar-refractivity contribution in [3.8, 4) is 5.75 Å². The molecule has 1 saturated carbocycles. The summed E-state index contributed by atoms with van der Waals surface area (Å²) in [5.74, 6) is 1.20. The molecule has 134 valence electrons. The molecule has 1 amide bonds. The van der Waals surface area contributed by atoms with Gasteiger partial charge in [-0.05, 0) is 43.5 Å². The molecule has 1 aromatic carbocycles. The Balaban J connectivity index is 1.47. The monoisotopic (exact) mass is 342 g/mol. The Kier molecular flexibility index (Phi) is 4.20. The molecule has 1 aliphatic carbocycles. The topological polar surface area (TPSA) is 54.7 Å². The predicted octanol–water partition coefficient (Wildman–Crippen LogP) is 2.80. The van der Waals surface area contributed by atoms with E-state index < -0.39 is 5.60 Å². The second-order valence-electron chi connectivity index (χ2n) is 7.50. The average molecular weight is 342 g/mol. The molecule has 2 fully saturated rings. The van der Waals surface area contributed by atoms with Gasteiger partial charge in [-0.25, -0.2) is 0 Å². The number of benzene rings is 1. The lowest BCUT2D eigenvalue weighted by Crippen LogP contribution is -2.55. The number of ether oxygens (including phenoxy) is 1. The molecule has 1 saturated heterocycles. The summed E-state index contributed by atoms with van der Waals surface area (Å²) < 4.78 is 7.26. The van der Waals surface area contributed by atoms with E-state index >= 15 is 0 Å². The van der Waals surface area contributed by atoms with Gasteiger partial charge in [0.15, 0.2) is 0 Å². The number of nitrogens with zero attached hydrogens (tertiary/aromatic N) is 2. The zero-order valence-electron chi connectivity index (χ0n) is 14.8. The highest BCUT2D eigenvalue weighted by molar-refractivity contribution is 5.84. The second kappa shape index (κ2) is 6.37. The molecule has 1 N–H and O–H groups in total. The minimum absolute atomic E-state index is 0.140. The van der Waals surface area contributed by atoms with Gasteiger partial charge < -0.3 is 19.3 Å². The molecule has 2 atom stereocenters. The van der Waals surface area contributed by atoms with E-state index in [9.17, 15) is 9.90 Å². The highest BCUT2D eigenvalue weighted by Gasteiger charge is 2.43. The van der Waals surface area contributed by atoms with Crippen LogP contribution in [0, 0.1) is 5.92 Å². The minimum Gasteiger partial charge on any atom is -0.497 e. The van der Waals surface area contributed by atoms with Crippen LogP contribution in [0.2, 0.25) is 0 Å². The first-order valence-electron chi connectivity index (χ1n) is 9.22. The molecule has 0 radical (unpaired) electrons. The van der Waals surface area contributed by atoms with E-state index in [2.05, 4.69) is 0 Å². The third-order valence-corrected chi connectivity index (χ3v) is 6.06. The van der Waals surface area contributed by atoms with Gasteiger partial charge in [0.2, 0.25) is 5.91 Å². The Bertz CT molecular complexity index is 784. The van der Waals surface area contributed by atoms with Gasteiger partial charge in [0.05, 0.1) is 12.7 Å². The van der Waals surface area contributed by atoms with Crippen molar-refractivity contribution >= 4 is 16.8 Å². The lowest BCUT2D eigenvalue weighted by Gasteiger charge is -2.47. The summed E-state index contributed by atoms with van der Waals surface area (Å²) in [6.07, 6.45) is 6.88. The van der Waals surface area contributed by atoms with Crippen molar-refractivity contribution in [3.63, 3.8) is 0 Å². The molecular formula is C20H26N2O3. The maximum absolute atomic E-state index is 12.8. The van der Waals surface area contributed by atoms with E-state index in [0.29, 0.717) is 26.1 Å². The third-order valence-electron chi connectivity index (χ3n) is 6.06. The van der Waals surface area contributed by atoms with Crippen LogP contribution >= 0.6 is 0 Å². The molecule has 25 heavy (non-hydrogen) atoms. The number of amides is 1. The fourth-order valence-electron chi connectivity index (χ4n) is 4.49. The number of fused-ring (bicyclic) bond motifs is 2. The number of carbonyl (C=O) groups is 1. The summed E-state index contributed by atoms with van der Waals surface area (Å²) in [6, 6.07) is 7.92. The molecule has 0 spiro atoms. The molecule has 1 aromatic heterocycles. The maximum atomic E-state index is 12.8. The Morgan fingerprint density at radius 3 is 3.04 bits per heavy atom. The number of aliphatic hydroxyl groups is 1. The van der Waals surface area contributed by atoms with E-state index in [-0.39, 0.29) is 11.8 Å². The van der Waals surface area contributed by atoms with Crippen LogP contribution in [0.5, 0.6) is 5.75 Å². The van der Waals surface area contributed by atoms with Crippen LogP contribution in [0.4, 0.5) is 0 Å². The van der Waals surface area contributed by atoms with Crippen molar-refractivity contribution in [1.29, 1.82) is 0 Å². The fraction of sp³-hybridized carbons (Fsp3) is 0.550. The Morgan fingerprint density at radius 1 is 1.32 bits per heavy atom. The van der Waals surface area contributed by atoms with Crippen LogP contribution in [0.3, 0.4) is 0 Å². The maximum Gasteiger partial charge on any atom is 0.242 e. The molecule has 0 unspecified atom stereocenters. The van der Waals surface area contributed by atoms with Crippen molar-refractivity contribution in [2.24, 2.45) is 5.92 Å². The molecule has 1 aliphatic heterocycles. The molecule has 0 bridgehead atoms. The van der Waals surface area contributed by atoms with E-state index in [1.165, 1.54) is 6.42 Å². The minimum atomic E-state index is -0.536. The normalized spacial score (nSPS) is 26.5. The van der Waals surface area contributed by atoms with E-state index in [0.717, 1.165) is 35.9 Å². The SMILES string of the molecule is COc1ccc2c(ccn2CC(=O)N2CC[C@]3(O)CCCC[C@@H]3C2)c1. The summed E-state index contributed by atoms with van der Waals surface area (Å²) >= 11 is 0. The van der Waals surface area contributed by atoms with Gasteiger partial charge >= 0.3 is 0 Å². The van der Waals surface area contributed by atoms with Crippen molar-refractivity contribution in [1.82, 2.24) is 9.47 Å². The quantitative estimate of drug-likeness (QED) is 0.933. The lowest BCUT2D eigenvalue weighted by molar-refractivity contribution is -0.143. The number of hydrogen-bond donors (Lipinski definition) is 1. The Labute approximate surface area is 148 Å². The summed E-state index contributed by atoms with van der Waals surface area (Å²) in [5.41, 5.74) is 0.506. The summed E-state index contributed by atoms with van der Waals surface area (Å²) in [6.45, 7) is 1.71. The number of piperidine rings is 1. The van der Waals surface area contributed by atoms with Gasteiger partial charge in [-0.2, -0.15) is 0 Å². The lowest BCUT2D eigenvalue weighted by atomic mass is 9.71. The van der Waals surface area contributed by atoms with Gasteiger partial charge in [-0.3, -0.25) is 4.79 Å². The zero-order valence-corrected chi connectivity index (χ0v) is 14.8. The Hall–Kier alpha value is -2.01. The second-order valence-corrected chi connectivity index (χ2v) is 7.50. The Morgan fingerprint density at radius 2 is 2.20 bits per heavy atom. The van der Waals surface area contributed by atoms with E-state index in [1.54, 1.807) is 7.11 Å². The molecule has 2 aliphatic rings. The molecule has 2 heterocycles. The summed E-state index contributed by atoms with van der Waals surface area (Å²) in [4.78, 5) is 14.8. The average Bonchev–Trinajstić information content (AvgIpc) is 3.02. The van der Waals surface area contributed by atoms with Crippen LogP contribution < -0.4 is 4.74 Å². The number of likely N-dealkylation sites (tertiary alicyclic amines) is 1. The van der Waals surface area contributed by atoms with Gasteiger partial charge in [0, 0.05) is 36.1 Å². The number of carbonyl (C=O) groups excluding carboxylic acids is 1. The zero-order chi connectivity index (χ0) is 17.4. The number of rotatable bonds is 3. The number of methoxy groups -OCH3 is 1. The molecule has 4 rings (SSSR count). The predicted molar refractivity (Wildman–Crippen MR) is 96.6 cm³/mol. The van der Waals surface area contributed by atoms with E-state index in [4.69, 9.17) is 4.74 Å². The first-order valence-corrected chi connectivity index (χ1v) is 9.22. The number of hydrogen-bond acceptors (Lipinski definition) is 3. The highest BCUT2D eigenvalue weighted by Crippen LogP contribution is 2.39. The van der Waals surface area contributed by atoms with Crippen LogP contribution in [0.25, 0.3) is 10.9 Å². The first kappa shape index (κ1) is 16.5. The smallest absolute Gasteiger partial charge is 0.242 e. The van der Waals surface area contributed by atoms with Crippen LogP contribution in [0.1, 0.15) is 32.1 Å². The third kappa shape index (κ3) is 3.01. The van der Waals surface area contributed by atoms with E-state index in [1.807, 2.05) is 39.9 Å². The van der Waals surface area contributed by atoms with Gasteiger partial charge in [0.1, 0.15) is 12.3 Å². The highest BCUT2D eigenvalue weighted by atomic mass is 16.5. The molecule has 2 aromatic rings. The fourth-order valence-corrected chi connectivity index (χ4v) is 4.49. The van der Waals surface area contributed by atoms with Crippen molar-refractivity contribution in [3.05, 3.63) is 30.5 Å².